The predicted molar refractivity (Wildman–Crippen MR) is 71.1 cm³/mol. The van der Waals surface area contributed by atoms with Crippen LogP contribution >= 0.6 is 0 Å². The minimum atomic E-state index is -4.65. The summed E-state index contributed by atoms with van der Waals surface area (Å²) in [7, 11) is 0. The number of halogens is 3. The number of aromatic nitrogens is 4. The van der Waals surface area contributed by atoms with E-state index in [1.807, 2.05) is 0 Å². The molecule has 0 fully saturated rings. The maximum atomic E-state index is 12.4. The van der Waals surface area contributed by atoms with Gasteiger partial charge in [-0.3, -0.25) is 20.2 Å². The molecule has 0 aliphatic heterocycles. The number of nitrogens with one attached hydrogen (secondary N) is 2. The highest BCUT2D eigenvalue weighted by Gasteiger charge is 2.35. The van der Waals surface area contributed by atoms with Gasteiger partial charge in [-0.15, -0.1) is 5.10 Å². The van der Waals surface area contributed by atoms with Crippen molar-refractivity contribution in [3.63, 3.8) is 0 Å². The number of benzene rings is 1. The third-order valence-corrected chi connectivity index (χ3v) is 2.90. The first-order valence-electron chi connectivity index (χ1n) is 6.09. The van der Waals surface area contributed by atoms with E-state index in [9.17, 15) is 18.0 Å². The van der Waals surface area contributed by atoms with Gasteiger partial charge in [0.15, 0.2) is 0 Å². The standard InChI is InChI=1S/C13H8F3N5O/c14-13(15,16)11-19-12(21-20-11)18-10(22)9-3-1-2-7-6-17-5-4-8(7)9/h1-6H,(H2,18,19,20,21,22). The van der Waals surface area contributed by atoms with Crippen LogP contribution in [0.4, 0.5) is 19.1 Å². The number of anilines is 1. The van der Waals surface area contributed by atoms with E-state index in [2.05, 4.69) is 20.4 Å². The largest absolute Gasteiger partial charge is 0.451 e. The number of carbonyl (C=O) groups excluding carboxylic acids is 1. The van der Waals surface area contributed by atoms with Crippen LogP contribution in [-0.2, 0) is 6.18 Å². The average Bonchev–Trinajstić information content (AvgIpc) is 2.95. The molecule has 2 aromatic heterocycles. The second kappa shape index (κ2) is 5.10. The summed E-state index contributed by atoms with van der Waals surface area (Å²) in [5, 5.41) is 8.65. The molecule has 0 saturated carbocycles. The molecule has 3 rings (SSSR count). The van der Waals surface area contributed by atoms with Gasteiger partial charge in [0.25, 0.3) is 5.91 Å². The minimum Gasteiger partial charge on any atom is -0.289 e. The first kappa shape index (κ1) is 14.0. The Morgan fingerprint density at radius 1 is 1.23 bits per heavy atom. The quantitative estimate of drug-likeness (QED) is 0.762. The van der Waals surface area contributed by atoms with Crippen LogP contribution in [0.5, 0.6) is 0 Å². The zero-order chi connectivity index (χ0) is 15.7. The molecule has 112 valence electrons. The smallest absolute Gasteiger partial charge is 0.289 e. The lowest BCUT2D eigenvalue weighted by Crippen LogP contribution is -2.14. The zero-order valence-electron chi connectivity index (χ0n) is 10.8. The van der Waals surface area contributed by atoms with Crippen molar-refractivity contribution in [1.29, 1.82) is 0 Å². The fourth-order valence-corrected chi connectivity index (χ4v) is 1.93. The van der Waals surface area contributed by atoms with Crippen LogP contribution in [0.3, 0.4) is 0 Å². The average molecular weight is 307 g/mol. The van der Waals surface area contributed by atoms with Gasteiger partial charge in [-0.25, -0.2) is 0 Å². The number of pyridine rings is 1. The van der Waals surface area contributed by atoms with Crippen molar-refractivity contribution in [1.82, 2.24) is 20.2 Å². The van der Waals surface area contributed by atoms with E-state index in [1.54, 1.807) is 35.6 Å². The van der Waals surface area contributed by atoms with E-state index in [0.29, 0.717) is 10.9 Å². The molecule has 0 atom stereocenters. The Bertz CT molecular complexity index is 838. The Morgan fingerprint density at radius 3 is 2.77 bits per heavy atom. The maximum Gasteiger partial charge on any atom is 0.451 e. The molecular weight excluding hydrogens is 299 g/mol. The molecule has 9 heteroatoms. The van der Waals surface area contributed by atoms with Crippen molar-refractivity contribution in [3.8, 4) is 0 Å². The number of rotatable bonds is 2. The summed E-state index contributed by atoms with van der Waals surface area (Å²) in [5.74, 6) is -2.32. The van der Waals surface area contributed by atoms with E-state index < -0.39 is 23.9 Å². The monoisotopic (exact) mass is 307 g/mol. The molecule has 1 aromatic carbocycles. The molecule has 6 nitrogen and oxygen atoms in total. The van der Waals surface area contributed by atoms with Crippen LogP contribution in [0.2, 0.25) is 0 Å². The summed E-state index contributed by atoms with van der Waals surface area (Å²) in [4.78, 5) is 19.3. The van der Waals surface area contributed by atoms with Crippen molar-refractivity contribution in [2.45, 2.75) is 6.18 Å². The van der Waals surface area contributed by atoms with Crippen LogP contribution in [0.15, 0.2) is 36.7 Å². The zero-order valence-corrected chi connectivity index (χ0v) is 10.8. The minimum absolute atomic E-state index is 0.290. The molecule has 0 spiro atoms. The molecule has 3 aromatic rings. The Balaban J connectivity index is 1.89. The molecular formula is C13H8F3N5O. The van der Waals surface area contributed by atoms with E-state index in [0.717, 1.165) is 5.39 Å². The highest BCUT2D eigenvalue weighted by molar-refractivity contribution is 6.12. The Kier molecular flexibility index (Phi) is 3.24. The SMILES string of the molecule is O=C(Nc1n[nH]c(C(F)(F)F)n1)c1cccc2cnccc12. The first-order chi connectivity index (χ1) is 10.4. The normalized spacial score (nSPS) is 11.6. The molecule has 0 bridgehead atoms. The molecule has 0 aliphatic carbocycles. The van der Waals surface area contributed by atoms with Crippen molar-refractivity contribution in [3.05, 3.63) is 48.0 Å². The fraction of sp³-hybridized carbons (Fsp3) is 0.0769. The number of nitrogens with zero attached hydrogens (tertiary/aromatic N) is 3. The highest BCUT2D eigenvalue weighted by atomic mass is 19.4. The molecule has 1 amide bonds. The van der Waals surface area contributed by atoms with Crippen LogP contribution < -0.4 is 5.32 Å². The number of H-pyrrole nitrogens is 1. The first-order valence-corrected chi connectivity index (χ1v) is 6.09. The van der Waals surface area contributed by atoms with Crippen LogP contribution in [-0.4, -0.2) is 26.1 Å². The van der Waals surface area contributed by atoms with Crippen LogP contribution in [0, 0.1) is 0 Å². The van der Waals surface area contributed by atoms with E-state index in [1.165, 1.54) is 6.20 Å². The number of fused-ring (bicyclic) bond motifs is 1. The Morgan fingerprint density at radius 2 is 2.05 bits per heavy atom. The predicted octanol–water partition coefficient (Wildman–Crippen LogP) is 2.62. The molecule has 0 radical (unpaired) electrons. The number of carbonyl (C=O) groups is 1. The third kappa shape index (κ3) is 2.60. The lowest BCUT2D eigenvalue weighted by molar-refractivity contribution is -0.144. The highest BCUT2D eigenvalue weighted by Crippen LogP contribution is 2.26. The van der Waals surface area contributed by atoms with Gasteiger partial charge in [0.2, 0.25) is 11.8 Å². The van der Waals surface area contributed by atoms with Gasteiger partial charge >= 0.3 is 6.18 Å². The van der Waals surface area contributed by atoms with Crippen LogP contribution in [0.25, 0.3) is 10.8 Å². The number of aromatic amines is 1. The second-order valence-electron chi connectivity index (χ2n) is 4.36. The van der Waals surface area contributed by atoms with E-state index >= 15 is 0 Å². The van der Waals surface area contributed by atoms with E-state index in [4.69, 9.17) is 0 Å². The lowest BCUT2D eigenvalue weighted by atomic mass is 10.1. The number of hydrogen-bond acceptors (Lipinski definition) is 4. The molecule has 0 aliphatic rings. The van der Waals surface area contributed by atoms with Crippen molar-refractivity contribution in [2.24, 2.45) is 0 Å². The van der Waals surface area contributed by atoms with Crippen LogP contribution in [0.1, 0.15) is 16.2 Å². The second-order valence-corrected chi connectivity index (χ2v) is 4.36. The summed E-state index contributed by atoms with van der Waals surface area (Å²) >= 11 is 0. The number of amides is 1. The van der Waals surface area contributed by atoms with Gasteiger partial charge in [-0.2, -0.15) is 18.2 Å². The van der Waals surface area contributed by atoms with Gasteiger partial charge in [-0.05, 0) is 17.5 Å². The molecule has 0 saturated heterocycles. The van der Waals surface area contributed by atoms with Crippen molar-refractivity contribution >= 4 is 22.6 Å². The molecule has 22 heavy (non-hydrogen) atoms. The lowest BCUT2D eigenvalue weighted by Gasteiger charge is -2.05. The maximum absolute atomic E-state index is 12.4. The van der Waals surface area contributed by atoms with Crippen molar-refractivity contribution in [2.75, 3.05) is 5.32 Å². The van der Waals surface area contributed by atoms with Gasteiger partial charge in [-0.1, -0.05) is 12.1 Å². The number of alkyl halides is 3. The van der Waals surface area contributed by atoms with Gasteiger partial charge in [0.1, 0.15) is 0 Å². The van der Waals surface area contributed by atoms with Gasteiger partial charge < -0.3 is 0 Å². The number of hydrogen-bond donors (Lipinski definition) is 2. The molecule has 0 unspecified atom stereocenters. The summed E-state index contributed by atoms with van der Waals surface area (Å²) in [5.41, 5.74) is 0.290. The topological polar surface area (TPSA) is 83.6 Å². The summed E-state index contributed by atoms with van der Waals surface area (Å²) < 4.78 is 37.2. The van der Waals surface area contributed by atoms with Gasteiger partial charge in [0.05, 0.1) is 0 Å². The Labute approximate surface area is 121 Å². The van der Waals surface area contributed by atoms with Gasteiger partial charge in [0, 0.05) is 23.3 Å². The summed E-state index contributed by atoms with van der Waals surface area (Å²) in [6.45, 7) is 0. The summed E-state index contributed by atoms with van der Waals surface area (Å²) in [6, 6.07) is 6.62. The van der Waals surface area contributed by atoms with E-state index in [-0.39, 0.29) is 0 Å². The third-order valence-electron chi connectivity index (χ3n) is 2.90. The molecule has 2 heterocycles. The Hall–Kier alpha value is -2.97. The molecule has 2 N–H and O–H groups in total. The fourth-order valence-electron chi connectivity index (χ4n) is 1.93. The van der Waals surface area contributed by atoms with Crippen molar-refractivity contribution < 1.29 is 18.0 Å². The summed E-state index contributed by atoms with van der Waals surface area (Å²) in [6.07, 6.45) is -1.55.